The van der Waals surface area contributed by atoms with E-state index in [0.717, 1.165) is 12.1 Å². The minimum atomic E-state index is 0.185. The molecule has 4 heteroatoms. The van der Waals surface area contributed by atoms with Crippen molar-refractivity contribution in [2.24, 2.45) is 0 Å². The van der Waals surface area contributed by atoms with Crippen LogP contribution in [0.1, 0.15) is 18.5 Å². The summed E-state index contributed by atoms with van der Waals surface area (Å²) < 4.78 is 0. The van der Waals surface area contributed by atoms with Gasteiger partial charge in [0.15, 0.2) is 0 Å². The Morgan fingerprint density at radius 3 is 2.69 bits per heavy atom. The van der Waals surface area contributed by atoms with Gasteiger partial charge in [-0.1, -0.05) is 41.4 Å². The number of benzene rings is 1. The molecule has 0 radical (unpaired) electrons. The maximum atomic E-state index is 6.10. The fourth-order valence-electron chi connectivity index (χ4n) is 1.35. The summed E-state index contributed by atoms with van der Waals surface area (Å²) in [5.74, 6) is 0.539. The van der Waals surface area contributed by atoms with Gasteiger partial charge in [0.1, 0.15) is 0 Å². The molecule has 0 aromatic heterocycles. The molecule has 0 aliphatic heterocycles. The van der Waals surface area contributed by atoms with Gasteiger partial charge in [0, 0.05) is 28.5 Å². The molecule has 1 N–H and O–H groups in total. The van der Waals surface area contributed by atoms with Crippen LogP contribution in [-0.4, -0.2) is 12.4 Å². The second-order valence-corrected chi connectivity index (χ2v) is 4.57. The van der Waals surface area contributed by atoms with Gasteiger partial charge in [-0.2, -0.15) is 0 Å². The second-order valence-electron chi connectivity index (χ2n) is 3.42. The summed E-state index contributed by atoms with van der Waals surface area (Å²) in [5.41, 5.74) is 1.05. The van der Waals surface area contributed by atoms with Crippen LogP contribution in [0, 0.1) is 0 Å². The lowest BCUT2D eigenvalue weighted by atomic mass is 10.1. The lowest BCUT2D eigenvalue weighted by Gasteiger charge is -2.14. The molecule has 1 nitrogen and oxygen atoms in total. The third-order valence-corrected chi connectivity index (χ3v) is 2.97. The van der Waals surface area contributed by atoms with Crippen LogP contribution < -0.4 is 5.32 Å². The summed E-state index contributed by atoms with van der Waals surface area (Å²) >= 11 is 17.5. The van der Waals surface area contributed by atoms with E-state index in [1.54, 1.807) is 6.07 Å². The van der Waals surface area contributed by atoms with Gasteiger partial charge in [0.05, 0.1) is 0 Å². The van der Waals surface area contributed by atoms with Crippen LogP contribution in [-0.2, 0) is 0 Å². The van der Waals surface area contributed by atoms with Gasteiger partial charge in [-0.05, 0) is 24.6 Å². The second kappa shape index (κ2) is 7.18. The fourth-order valence-corrected chi connectivity index (χ4v) is 2.05. The van der Waals surface area contributed by atoms with Crippen LogP contribution in [0.2, 0.25) is 10.0 Å². The van der Waals surface area contributed by atoms with Crippen molar-refractivity contribution in [2.45, 2.75) is 13.0 Å². The highest BCUT2D eigenvalue weighted by Gasteiger charge is 2.08. The normalized spacial score (nSPS) is 13.2. The molecule has 16 heavy (non-hydrogen) atoms. The number of halogens is 3. The van der Waals surface area contributed by atoms with Crippen molar-refractivity contribution in [3.63, 3.8) is 0 Å². The van der Waals surface area contributed by atoms with Gasteiger partial charge in [-0.15, -0.1) is 11.6 Å². The van der Waals surface area contributed by atoms with Crippen LogP contribution >= 0.6 is 34.8 Å². The smallest absolute Gasteiger partial charge is 0.0468 e. The summed E-state index contributed by atoms with van der Waals surface area (Å²) in [6, 6.07) is 5.72. The summed E-state index contributed by atoms with van der Waals surface area (Å²) in [6.07, 6.45) is 3.90. The van der Waals surface area contributed by atoms with E-state index in [2.05, 4.69) is 12.2 Å². The van der Waals surface area contributed by atoms with Crippen molar-refractivity contribution >= 4 is 34.8 Å². The first-order valence-electron chi connectivity index (χ1n) is 5.04. The predicted molar refractivity (Wildman–Crippen MR) is 72.7 cm³/mol. The Hall–Kier alpha value is -0.210. The Morgan fingerprint density at radius 2 is 2.06 bits per heavy atom. The van der Waals surface area contributed by atoms with Crippen molar-refractivity contribution < 1.29 is 0 Å². The van der Waals surface area contributed by atoms with E-state index < -0.39 is 0 Å². The van der Waals surface area contributed by atoms with Crippen LogP contribution in [0.15, 0.2) is 30.4 Å². The number of hydrogen-bond acceptors (Lipinski definition) is 1. The van der Waals surface area contributed by atoms with Crippen LogP contribution in [0.3, 0.4) is 0 Å². The van der Waals surface area contributed by atoms with Crippen molar-refractivity contribution in [2.75, 3.05) is 12.4 Å². The zero-order chi connectivity index (χ0) is 12.0. The molecule has 0 amide bonds. The maximum absolute atomic E-state index is 6.10. The van der Waals surface area contributed by atoms with Gasteiger partial charge in [-0.3, -0.25) is 0 Å². The van der Waals surface area contributed by atoms with Crippen molar-refractivity contribution in [1.29, 1.82) is 0 Å². The lowest BCUT2D eigenvalue weighted by Crippen LogP contribution is -2.18. The molecule has 1 rings (SSSR count). The first-order valence-corrected chi connectivity index (χ1v) is 6.33. The molecule has 0 saturated heterocycles. The summed E-state index contributed by atoms with van der Waals surface area (Å²) in [4.78, 5) is 0. The highest BCUT2D eigenvalue weighted by Crippen LogP contribution is 2.25. The summed E-state index contributed by atoms with van der Waals surface area (Å²) in [6.45, 7) is 2.83. The number of rotatable bonds is 5. The van der Waals surface area contributed by atoms with Gasteiger partial charge in [0.25, 0.3) is 0 Å². The maximum Gasteiger partial charge on any atom is 0.0468 e. The molecule has 1 aromatic carbocycles. The quantitative estimate of drug-likeness (QED) is 0.620. The molecule has 0 aliphatic carbocycles. The molecule has 0 fully saturated rings. The average molecular weight is 279 g/mol. The number of alkyl halides is 1. The van der Waals surface area contributed by atoms with E-state index in [9.17, 15) is 0 Å². The van der Waals surface area contributed by atoms with E-state index >= 15 is 0 Å². The van der Waals surface area contributed by atoms with E-state index in [4.69, 9.17) is 34.8 Å². The molecule has 0 spiro atoms. The first kappa shape index (κ1) is 13.9. The fraction of sp³-hybridized carbons (Fsp3) is 0.333. The Bertz CT molecular complexity index is 363. The van der Waals surface area contributed by atoms with E-state index in [1.807, 2.05) is 24.3 Å². The SMILES string of the molecule is CC(NC/C=C/CCl)c1ccc(Cl)cc1Cl. The molecule has 1 unspecified atom stereocenters. The van der Waals surface area contributed by atoms with E-state index in [1.165, 1.54) is 0 Å². The monoisotopic (exact) mass is 277 g/mol. The number of hydrogen-bond donors (Lipinski definition) is 1. The summed E-state index contributed by atoms with van der Waals surface area (Å²) in [5, 5.41) is 4.67. The molecule has 0 bridgehead atoms. The largest absolute Gasteiger partial charge is 0.307 e. The van der Waals surface area contributed by atoms with Gasteiger partial charge >= 0.3 is 0 Å². The number of allylic oxidation sites excluding steroid dienone is 1. The van der Waals surface area contributed by atoms with Gasteiger partial charge in [0.2, 0.25) is 0 Å². The van der Waals surface area contributed by atoms with Crippen LogP contribution in [0.25, 0.3) is 0 Å². The predicted octanol–water partition coefficient (Wildman–Crippen LogP) is 4.44. The Labute approximate surface area is 111 Å². The van der Waals surface area contributed by atoms with Crippen molar-refractivity contribution in [3.8, 4) is 0 Å². The topological polar surface area (TPSA) is 12.0 Å². The van der Waals surface area contributed by atoms with Crippen molar-refractivity contribution in [1.82, 2.24) is 5.32 Å². The first-order chi connectivity index (χ1) is 7.65. The Morgan fingerprint density at radius 1 is 1.31 bits per heavy atom. The molecule has 1 aromatic rings. The molecule has 1 atom stereocenters. The highest BCUT2D eigenvalue weighted by atomic mass is 35.5. The highest BCUT2D eigenvalue weighted by molar-refractivity contribution is 6.35. The van der Waals surface area contributed by atoms with E-state index in [0.29, 0.717) is 15.9 Å². The molecule has 0 aliphatic rings. The number of nitrogens with one attached hydrogen (secondary N) is 1. The molecule has 0 saturated carbocycles. The zero-order valence-electron chi connectivity index (χ0n) is 9.01. The van der Waals surface area contributed by atoms with Crippen LogP contribution in [0.4, 0.5) is 0 Å². The third kappa shape index (κ3) is 4.34. The van der Waals surface area contributed by atoms with E-state index in [-0.39, 0.29) is 6.04 Å². The average Bonchev–Trinajstić information content (AvgIpc) is 2.24. The standard InChI is InChI=1S/C12H14Cl3N/c1-9(16-7-3-2-6-13)11-5-4-10(14)8-12(11)15/h2-5,8-9,16H,6-7H2,1H3/b3-2+. The molecule has 88 valence electrons. The summed E-state index contributed by atoms with van der Waals surface area (Å²) in [7, 11) is 0. The molecular formula is C12H14Cl3N. The Kier molecular flexibility index (Phi) is 6.22. The zero-order valence-corrected chi connectivity index (χ0v) is 11.3. The minimum Gasteiger partial charge on any atom is -0.307 e. The third-order valence-electron chi connectivity index (χ3n) is 2.23. The molecular weight excluding hydrogens is 264 g/mol. The Balaban J connectivity index is 2.58. The minimum absolute atomic E-state index is 0.185. The van der Waals surface area contributed by atoms with Gasteiger partial charge in [-0.25, -0.2) is 0 Å². The molecule has 0 heterocycles. The van der Waals surface area contributed by atoms with Crippen LogP contribution in [0.5, 0.6) is 0 Å². The van der Waals surface area contributed by atoms with Gasteiger partial charge < -0.3 is 5.32 Å². The van der Waals surface area contributed by atoms with Crippen molar-refractivity contribution in [3.05, 3.63) is 46.0 Å². The lowest BCUT2D eigenvalue weighted by molar-refractivity contribution is 0.617.